The number of carbonyl (C=O) groups is 1. The van der Waals surface area contributed by atoms with E-state index in [9.17, 15) is 4.79 Å². The highest BCUT2D eigenvalue weighted by molar-refractivity contribution is 5.88. The lowest BCUT2D eigenvalue weighted by molar-refractivity contribution is -0.117. The molecule has 3 heteroatoms. The van der Waals surface area contributed by atoms with Crippen LogP contribution in [0.15, 0.2) is 42.0 Å². The van der Waals surface area contributed by atoms with Gasteiger partial charge in [0.2, 0.25) is 5.91 Å². The van der Waals surface area contributed by atoms with Crippen molar-refractivity contribution in [1.29, 1.82) is 0 Å². The molecule has 3 rings (SSSR count). The number of hydrogen-bond donors (Lipinski definition) is 1. The van der Waals surface area contributed by atoms with Gasteiger partial charge in [0.15, 0.2) is 0 Å². The van der Waals surface area contributed by atoms with Gasteiger partial charge in [0, 0.05) is 31.2 Å². The lowest BCUT2D eigenvalue weighted by Crippen LogP contribution is -2.36. The second kappa shape index (κ2) is 6.66. The van der Waals surface area contributed by atoms with Gasteiger partial charge < -0.3 is 5.32 Å². The summed E-state index contributed by atoms with van der Waals surface area (Å²) in [5.41, 5.74) is 2.59. The number of nitrogens with one attached hydrogen (secondary N) is 1. The molecular formula is C19H26N2O. The molecule has 1 N–H and O–H groups in total. The van der Waals surface area contributed by atoms with Gasteiger partial charge in [0.25, 0.3) is 0 Å². The van der Waals surface area contributed by atoms with Gasteiger partial charge in [-0.15, -0.1) is 0 Å². The monoisotopic (exact) mass is 298 g/mol. The Morgan fingerprint density at radius 2 is 2.00 bits per heavy atom. The summed E-state index contributed by atoms with van der Waals surface area (Å²) in [6, 6.07) is 11.3. The van der Waals surface area contributed by atoms with Crippen LogP contribution in [-0.2, 0) is 4.79 Å². The summed E-state index contributed by atoms with van der Waals surface area (Å²) in [4.78, 5) is 14.5. The average Bonchev–Trinajstić information content (AvgIpc) is 3.28. The van der Waals surface area contributed by atoms with Crippen molar-refractivity contribution in [3.63, 3.8) is 0 Å². The molecule has 2 aliphatic rings. The van der Waals surface area contributed by atoms with E-state index >= 15 is 0 Å². The number of carbonyl (C=O) groups excluding carboxylic acids is 1. The fourth-order valence-corrected chi connectivity index (χ4v) is 3.31. The van der Waals surface area contributed by atoms with E-state index in [0.717, 1.165) is 19.5 Å². The Labute approximate surface area is 133 Å². The Kier molecular flexibility index (Phi) is 4.63. The van der Waals surface area contributed by atoms with Gasteiger partial charge in [-0.3, -0.25) is 9.69 Å². The normalized spacial score (nSPS) is 24.3. The van der Waals surface area contributed by atoms with E-state index in [1.807, 2.05) is 0 Å². The summed E-state index contributed by atoms with van der Waals surface area (Å²) in [7, 11) is 0. The van der Waals surface area contributed by atoms with E-state index in [1.54, 1.807) is 6.08 Å². The third kappa shape index (κ3) is 3.77. The zero-order valence-corrected chi connectivity index (χ0v) is 13.6. The number of hydrogen-bond acceptors (Lipinski definition) is 2. The van der Waals surface area contributed by atoms with Crippen LogP contribution in [0.4, 0.5) is 0 Å². The molecule has 1 amide bonds. The van der Waals surface area contributed by atoms with Crippen LogP contribution in [0.2, 0.25) is 0 Å². The number of likely N-dealkylation sites (tertiary alicyclic amines) is 1. The summed E-state index contributed by atoms with van der Waals surface area (Å²) in [5.74, 6) is 0.757. The van der Waals surface area contributed by atoms with Crippen molar-refractivity contribution in [3.8, 4) is 0 Å². The van der Waals surface area contributed by atoms with Crippen molar-refractivity contribution in [1.82, 2.24) is 10.2 Å². The molecule has 2 atom stereocenters. The molecular weight excluding hydrogens is 272 g/mol. The number of rotatable bonds is 5. The largest absolute Gasteiger partial charge is 0.348 e. The summed E-state index contributed by atoms with van der Waals surface area (Å²) >= 11 is 0. The van der Waals surface area contributed by atoms with Crippen molar-refractivity contribution in [2.24, 2.45) is 5.92 Å². The Morgan fingerprint density at radius 3 is 2.68 bits per heavy atom. The van der Waals surface area contributed by atoms with Gasteiger partial charge in [-0.1, -0.05) is 35.9 Å². The Balaban J connectivity index is 1.51. The van der Waals surface area contributed by atoms with E-state index in [1.165, 1.54) is 24.0 Å². The molecule has 1 aromatic rings. The predicted octanol–water partition coefficient (Wildman–Crippen LogP) is 3.29. The van der Waals surface area contributed by atoms with Crippen LogP contribution in [0.25, 0.3) is 0 Å². The van der Waals surface area contributed by atoms with E-state index in [-0.39, 0.29) is 11.9 Å². The van der Waals surface area contributed by atoms with Gasteiger partial charge in [0.1, 0.15) is 0 Å². The first-order valence-electron chi connectivity index (χ1n) is 8.41. The minimum atomic E-state index is 0.0867. The van der Waals surface area contributed by atoms with Crippen molar-refractivity contribution in [2.75, 3.05) is 13.1 Å². The SMILES string of the molecule is C/C(=C\C(=O)N[C@@H]1CCN([C@H](C)c2ccccc2)C1)C1CC1. The predicted molar refractivity (Wildman–Crippen MR) is 89.5 cm³/mol. The molecule has 0 spiro atoms. The van der Waals surface area contributed by atoms with Crippen LogP contribution >= 0.6 is 0 Å². The smallest absolute Gasteiger partial charge is 0.244 e. The van der Waals surface area contributed by atoms with Crippen molar-refractivity contribution in [3.05, 3.63) is 47.5 Å². The topological polar surface area (TPSA) is 32.3 Å². The van der Waals surface area contributed by atoms with Gasteiger partial charge in [0.05, 0.1) is 0 Å². The highest BCUT2D eigenvalue weighted by atomic mass is 16.1. The summed E-state index contributed by atoms with van der Waals surface area (Å²) < 4.78 is 0. The van der Waals surface area contributed by atoms with Gasteiger partial charge in [-0.25, -0.2) is 0 Å². The molecule has 1 saturated heterocycles. The Hall–Kier alpha value is -1.61. The number of amides is 1. The van der Waals surface area contributed by atoms with Crippen molar-refractivity contribution < 1.29 is 4.79 Å². The standard InChI is InChI=1S/C19H26N2O/c1-14(16-8-9-16)12-19(22)20-18-10-11-21(13-18)15(2)17-6-4-3-5-7-17/h3-7,12,15-16,18H,8-11,13H2,1-2H3,(H,20,22)/b14-12+/t15-,18-/m1/s1. The second-order valence-electron chi connectivity index (χ2n) is 6.74. The lowest BCUT2D eigenvalue weighted by Gasteiger charge is -2.24. The molecule has 0 aromatic heterocycles. The Morgan fingerprint density at radius 1 is 1.27 bits per heavy atom. The van der Waals surface area contributed by atoms with Crippen LogP contribution in [-0.4, -0.2) is 29.9 Å². The van der Waals surface area contributed by atoms with Crippen LogP contribution in [0.5, 0.6) is 0 Å². The summed E-state index contributed by atoms with van der Waals surface area (Å²) in [6.07, 6.45) is 5.35. The van der Waals surface area contributed by atoms with Gasteiger partial charge in [-0.2, -0.15) is 0 Å². The first kappa shape index (κ1) is 15.3. The van der Waals surface area contributed by atoms with E-state index in [2.05, 4.69) is 54.4 Å². The van der Waals surface area contributed by atoms with Crippen molar-refractivity contribution >= 4 is 5.91 Å². The van der Waals surface area contributed by atoms with E-state index in [0.29, 0.717) is 12.0 Å². The van der Waals surface area contributed by atoms with Gasteiger partial charge >= 0.3 is 0 Å². The second-order valence-corrected chi connectivity index (χ2v) is 6.74. The molecule has 1 saturated carbocycles. The van der Waals surface area contributed by atoms with Crippen molar-refractivity contribution in [2.45, 2.75) is 45.2 Å². The lowest BCUT2D eigenvalue weighted by atomic mass is 10.1. The number of nitrogens with zero attached hydrogens (tertiary/aromatic N) is 1. The zero-order valence-electron chi connectivity index (χ0n) is 13.6. The minimum absolute atomic E-state index is 0.0867. The molecule has 2 fully saturated rings. The first-order valence-corrected chi connectivity index (χ1v) is 8.41. The van der Waals surface area contributed by atoms with Crippen LogP contribution in [0.3, 0.4) is 0 Å². The fraction of sp³-hybridized carbons (Fsp3) is 0.526. The minimum Gasteiger partial charge on any atom is -0.348 e. The molecule has 1 aliphatic heterocycles. The molecule has 3 nitrogen and oxygen atoms in total. The zero-order chi connectivity index (χ0) is 15.5. The summed E-state index contributed by atoms with van der Waals surface area (Å²) in [5, 5.41) is 3.17. The molecule has 0 bridgehead atoms. The third-order valence-corrected chi connectivity index (χ3v) is 4.98. The number of benzene rings is 1. The molecule has 1 aromatic carbocycles. The molecule has 1 heterocycles. The number of allylic oxidation sites excluding steroid dienone is 1. The molecule has 118 valence electrons. The van der Waals surface area contributed by atoms with Crippen LogP contribution in [0.1, 0.15) is 44.7 Å². The van der Waals surface area contributed by atoms with E-state index in [4.69, 9.17) is 0 Å². The van der Waals surface area contributed by atoms with Crippen LogP contribution in [0, 0.1) is 5.92 Å². The maximum Gasteiger partial charge on any atom is 0.244 e. The third-order valence-electron chi connectivity index (χ3n) is 4.98. The van der Waals surface area contributed by atoms with Crippen LogP contribution < -0.4 is 5.32 Å². The highest BCUT2D eigenvalue weighted by Gasteiger charge is 2.28. The molecule has 1 aliphatic carbocycles. The average molecular weight is 298 g/mol. The quantitative estimate of drug-likeness (QED) is 0.846. The van der Waals surface area contributed by atoms with E-state index < -0.39 is 0 Å². The molecule has 0 unspecified atom stereocenters. The maximum atomic E-state index is 12.1. The fourth-order valence-electron chi connectivity index (χ4n) is 3.31. The highest BCUT2D eigenvalue weighted by Crippen LogP contribution is 2.35. The first-order chi connectivity index (χ1) is 10.6. The molecule has 0 radical (unpaired) electrons. The molecule has 22 heavy (non-hydrogen) atoms. The maximum absolute atomic E-state index is 12.1. The van der Waals surface area contributed by atoms with Gasteiger partial charge in [-0.05, 0) is 44.6 Å². The summed E-state index contributed by atoms with van der Waals surface area (Å²) in [6.45, 7) is 6.32. The Bertz CT molecular complexity index is 548.